The highest BCUT2D eigenvalue weighted by atomic mass is 35.5. The van der Waals surface area contributed by atoms with Gasteiger partial charge in [0, 0.05) is 0 Å². The molecule has 0 aliphatic heterocycles. The third kappa shape index (κ3) is 2.81. The highest BCUT2D eigenvalue weighted by Crippen LogP contribution is 2.32. The van der Waals surface area contributed by atoms with E-state index >= 15 is 0 Å². The van der Waals surface area contributed by atoms with Gasteiger partial charge in [-0.15, -0.1) is 23.2 Å². The summed E-state index contributed by atoms with van der Waals surface area (Å²) in [5, 5.41) is -1.20. The fraction of sp³-hybridized carbons (Fsp3) is 0.222. The number of benzene rings is 2. The second kappa shape index (κ2) is 6.23. The molecule has 4 heteroatoms. The molecule has 0 spiro atoms. The third-order valence-electron chi connectivity index (χ3n) is 4.10. The van der Waals surface area contributed by atoms with Gasteiger partial charge < -0.3 is 9.59 Å². The van der Waals surface area contributed by atoms with Crippen LogP contribution in [0.1, 0.15) is 44.1 Å². The molecule has 3 rings (SSSR count). The molecule has 0 aromatic heterocycles. The van der Waals surface area contributed by atoms with Gasteiger partial charge in [-0.3, -0.25) is 0 Å². The molecule has 1 aliphatic rings. The summed E-state index contributed by atoms with van der Waals surface area (Å²) < 4.78 is 0. The Hall–Kier alpha value is -1.64. The van der Waals surface area contributed by atoms with E-state index in [1.807, 2.05) is 36.4 Å². The van der Waals surface area contributed by atoms with Crippen molar-refractivity contribution < 1.29 is 9.59 Å². The van der Waals surface area contributed by atoms with Gasteiger partial charge in [0.1, 0.15) is 23.3 Å². The number of rotatable bonds is 4. The average molecular weight is 333 g/mol. The minimum atomic E-state index is -0.598. The van der Waals surface area contributed by atoms with Gasteiger partial charge in [-0.25, -0.2) is 0 Å². The summed E-state index contributed by atoms with van der Waals surface area (Å²) >= 11 is 12.0. The molecule has 0 bridgehead atoms. The number of fused-ring (bicyclic) bond motifs is 2. The van der Waals surface area contributed by atoms with Gasteiger partial charge in [0.25, 0.3) is 0 Å². The number of carbonyl (C=O) groups excluding carboxylic acids is 2. The Bertz CT molecular complexity index is 676. The van der Waals surface area contributed by atoms with E-state index in [-0.39, 0.29) is 0 Å². The number of hydrogen-bond donors (Lipinski definition) is 0. The van der Waals surface area contributed by atoms with Gasteiger partial charge in [-0.2, -0.15) is 0 Å². The van der Waals surface area contributed by atoms with E-state index in [4.69, 9.17) is 23.2 Å². The lowest BCUT2D eigenvalue weighted by Gasteiger charge is -2.22. The Morgan fingerprint density at radius 1 is 0.727 bits per heavy atom. The standard InChI is InChI=1S/C18H14Cl2O2/c19-17(9-21)13-3-1-11-5-16-8-14(18(20)10-22)4-2-12(16)6-15(11)7-13/h1-4,7-10,17-18H,5-6H2. The zero-order valence-corrected chi connectivity index (χ0v) is 13.3. The summed E-state index contributed by atoms with van der Waals surface area (Å²) in [6.45, 7) is 0. The van der Waals surface area contributed by atoms with E-state index in [1.54, 1.807) is 0 Å². The first-order valence-electron chi connectivity index (χ1n) is 7.04. The molecule has 0 saturated carbocycles. The topological polar surface area (TPSA) is 34.1 Å². The molecule has 0 radical (unpaired) electrons. The van der Waals surface area contributed by atoms with Crippen LogP contribution in [0, 0.1) is 0 Å². The van der Waals surface area contributed by atoms with Gasteiger partial charge in [-0.1, -0.05) is 36.4 Å². The second-order valence-electron chi connectivity index (χ2n) is 5.49. The van der Waals surface area contributed by atoms with E-state index in [1.165, 1.54) is 22.3 Å². The summed E-state index contributed by atoms with van der Waals surface area (Å²) in [5.41, 5.74) is 6.50. The molecule has 0 heterocycles. The van der Waals surface area contributed by atoms with Crippen molar-refractivity contribution in [3.8, 4) is 0 Å². The summed E-state index contributed by atoms with van der Waals surface area (Å²) in [7, 11) is 0. The lowest BCUT2D eigenvalue weighted by molar-refractivity contribution is -0.108. The minimum Gasteiger partial charge on any atom is -0.301 e. The minimum absolute atomic E-state index is 0.598. The molecule has 0 fully saturated rings. The van der Waals surface area contributed by atoms with Crippen LogP contribution in [0.25, 0.3) is 0 Å². The average Bonchev–Trinajstić information content (AvgIpc) is 2.57. The predicted octanol–water partition coefficient (Wildman–Crippen LogP) is 4.14. The summed E-state index contributed by atoms with van der Waals surface area (Å²) in [4.78, 5) is 21.7. The van der Waals surface area contributed by atoms with Crippen molar-refractivity contribution in [2.45, 2.75) is 23.6 Å². The van der Waals surface area contributed by atoms with E-state index in [9.17, 15) is 9.59 Å². The van der Waals surface area contributed by atoms with E-state index in [0.717, 1.165) is 36.5 Å². The Labute approximate surface area is 139 Å². The molecule has 2 nitrogen and oxygen atoms in total. The third-order valence-corrected chi connectivity index (χ3v) is 4.81. The van der Waals surface area contributed by atoms with Crippen molar-refractivity contribution in [1.29, 1.82) is 0 Å². The summed E-state index contributed by atoms with van der Waals surface area (Å²) in [6, 6.07) is 11.9. The maximum Gasteiger partial charge on any atom is 0.142 e. The molecule has 0 saturated heterocycles. The van der Waals surface area contributed by atoms with Crippen LogP contribution in [-0.4, -0.2) is 12.6 Å². The van der Waals surface area contributed by atoms with Crippen molar-refractivity contribution in [2.24, 2.45) is 0 Å². The number of carbonyl (C=O) groups is 2. The van der Waals surface area contributed by atoms with Gasteiger partial charge in [-0.05, 0) is 46.2 Å². The normalized spacial score (nSPS) is 15.4. The number of aldehydes is 2. The molecular weight excluding hydrogens is 319 g/mol. The monoisotopic (exact) mass is 332 g/mol. The van der Waals surface area contributed by atoms with Crippen LogP contribution in [-0.2, 0) is 22.4 Å². The van der Waals surface area contributed by atoms with Gasteiger partial charge in [0.05, 0.1) is 0 Å². The maximum absolute atomic E-state index is 10.8. The van der Waals surface area contributed by atoms with E-state index < -0.39 is 10.8 Å². The molecule has 0 N–H and O–H groups in total. The van der Waals surface area contributed by atoms with Crippen LogP contribution >= 0.6 is 23.2 Å². The van der Waals surface area contributed by atoms with E-state index in [2.05, 4.69) is 0 Å². The van der Waals surface area contributed by atoms with Crippen molar-refractivity contribution in [1.82, 2.24) is 0 Å². The molecule has 22 heavy (non-hydrogen) atoms. The summed E-state index contributed by atoms with van der Waals surface area (Å²) in [5.74, 6) is 0. The molecule has 2 aromatic rings. The molecule has 112 valence electrons. The number of hydrogen-bond acceptors (Lipinski definition) is 2. The van der Waals surface area contributed by atoms with Crippen LogP contribution in [0.5, 0.6) is 0 Å². The van der Waals surface area contributed by atoms with Crippen molar-refractivity contribution in [3.05, 3.63) is 69.8 Å². The predicted molar refractivity (Wildman–Crippen MR) is 87.8 cm³/mol. The molecule has 2 unspecified atom stereocenters. The van der Waals surface area contributed by atoms with Crippen molar-refractivity contribution >= 4 is 35.8 Å². The Kier molecular flexibility index (Phi) is 4.32. The lowest BCUT2D eigenvalue weighted by atomic mass is 9.84. The quantitative estimate of drug-likeness (QED) is 0.531. The van der Waals surface area contributed by atoms with Crippen LogP contribution in [0.4, 0.5) is 0 Å². The zero-order valence-electron chi connectivity index (χ0n) is 11.8. The number of alkyl halides is 2. The van der Waals surface area contributed by atoms with Gasteiger partial charge in [0.15, 0.2) is 0 Å². The second-order valence-corrected chi connectivity index (χ2v) is 6.43. The lowest BCUT2D eigenvalue weighted by Crippen LogP contribution is -2.09. The summed E-state index contributed by atoms with van der Waals surface area (Å²) in [6.07, 6.45) is 3.09. The van der Waals surface area contributed by atoms with Crippen molar-refractivity contribution in [3.63, 3.8) is 0 Å². The van der Waals surface area contributed by atoms with Crippen LogP contribution in [0.2, 0.25) is 0 Å². The Balaban J connectivity index is 1.94. The van der Waals surface area contributed by atoms with Crippen molar-refractivity contribution in [2.75, 3.05) is 0 Å². The fourth-order valence-electron chi connectivity index (χ4n) is 2.88. The van der Waals surface area contributed by atoms with Gasteiger partial charge in [0.2, 0.25) is 0 Å². The zero-order chi connectivity index (χ0) is 15.7. The smallest absolute Gasteiger partial charge is 0.142 e. The molecule has 2 aromatic carbocycles. The number of halogens is 2. The van der Waals surface area contributed by atoms with E-state index in [0.29, 0.717) is 0 Å². The molecule has 2 atom stereocenters. The first-order valence-corrected chi connectivity index (χ1v) is 7.92. The molecule has 1 aliphatic carbocycles. The fourth-order valence-corrected chi connectivity index (χ4v) is 3.15. The maximum atomic E-state index is 10.8. The van der Waals surface area contributed by atoms with Crippen LogP contribution in [0.15, 0.2) is 36.4 Å². The molecular formula is C18H14Cl2O2. The first kappa shape index (κ1) is 15.3. The Morgan fingerprint density at radius 3 is 1.50 bits per heavy atom. The SMILES string of the molecule is O=CC(Cl)c1ccc2c(c1)Cc1ccc(C(Cl)C=O)cc1C2. The van der Waals surface area contributed by atoms with Crippen LogP contribution < -0.4 is 0 Å². The Morgan fingerprint density at radius 2 is 1.14 bits per heavy atom. The largest absolute Gasteiger partial charge is 0.301 e. The first-order chi connectivity index (χ1) is 10.6. The van der Waals surface area contributed by atoms with Gasteiger partial charge >= 0.3 is 0 Å². The van der Waals surface area contributed by atoms with Crippen LogP contribution in [0.3, 0.4) is 0 Å². The highest BCUT2D eigenvalue weighted by molar-refractivity contribution is 6.28. The highest BCUT2D eigenvalue weighted by Gasteiger charge is 2.18. The molecule has 0 amide bonds.